The van der Waals surface area contributed by atoms with Gasteiger partial charge in [-0.1, -0.05) is 30.3 Å². The van der Waals surface area contributed by atoms with Crippen molar-refractivity contribution in [3.63, 3.8) is 0 Å². The summed E-state index contributed by atoms with van der Waals surface area (Å²) in [6, 6.07) is 13.8. The van der Waals surface area contributed by atoms with Gasteiger partial charge in [0.1, 0.15) is 12.1 Å². The number of benzene rings is 3. The summed E-state index contributed by atoms with van der Waals surface area (Å²) < 4.78 is 38.7. The number of carbonyl (C=O) groups is 4. The van der Waals surface area contributed by atoms with E-state index >= 15 is 0 Å². The van der Waals surface area contributed by atoms with Crippen LogP contribution in [0.4, 0.5) is 23.7 Å². The molecule has 1 aliphatic rings. The Bertz CT molecular complexity index is 1960. The van der Waals surface area contributed by atoms with Gasteiger partial charge in [-0.3, -0.25) is 14.4 Å². The molecule has 0 aliphatic heterocycles. The first-order valence-electron chi connectivity index (χ1n) is 16.5. The summed E-state index contributed by atoms with van der Waals surface area (Å²) in [6.45, 7) is 2.95. The molecule has 4 amide bonds. The van der Waals surface area contributed by atoms with Crippen LogP contribution in [-0.2, 0) is 16.0 Å². The molecule has 1 aromatic heterocycles. The molecule has 1 saturated carbocycles. The van der Waals surface area contributed by atoms with Gasteiger partial charge < -0.3 is 36.3 Å². The number of hydrogen-bond acceptors (Lipinski definition) is 5. The summed E-state index contributed by atoms with van der Waals surface area (Å²) in [5, 5.41) is 19.0. The van der Waals surface area contributed by atoms with Crippen molar-refractivity contribution in [3.8, 4) is 11.1 Å². The zero-order valence-corrected chi connectivity index (χ0v) is 27.9. The quantitative estimate of drug-likeness (QED) is 0.112. The number of carboxylic acid groups (broad SMARTS) is 1. The standard InChI is InChI=1S/C36H39F3N6O6/c1-19-15-25(32(47)41-20(2)36(37,38)39)11-13-27(19)23-7-3-21(4-8-23)16-30(33(48)42-26-12-14-28-29(17-26)45-34(49)44-28)43-31(46)24-9-5-22(6-10-24)18-40-35(50)51/h3-4,7-8,11-15,17,20,22,24,30,40H,5-6,9-10,16,18H2,1-2H3,(H,41,47)(H,42,48)(H,43,46)(H,50,51)(H2,44,45,49)/t20-,22?,24?,30-/m0/s1. The molecule has 5 rings (SSSR count). The van der Waals surface area contributed by atoms with Crippen LogP contribution in [0.3, 0.4) is 0 Å². The van der Waals surface area contributed by atoms with Gasteiger partial charge >= 0.3 is 18.0 Å². The molecule has 0 saturated heterocycles. The number of aryl methyl sites for hydroxylation is 1. The van der Waals surface area contributed by atoms with Gasteiger partial charge in [0.25, 0.3) is 5.91 Å². The largest absolute Gasteiger partial charge is 0.465 e. The molecule has 1 heterocycles. The molecule has 270 valence electrons. The Morgan fingerprint density at radius 3 is 2.24 bits per heavy atom. The zero-order chi connectivity index (χ0) is 36.9. The molecule has 0 spiro atoms. The van der Waals surface area contributed by atoms with E-state index in [1.54, 1.807) is 31.2 Å². The molecular formula is C36H39F3N6O6. The first-order valence-corrected chi connectivity index (χ1v) is 16.5. The molecule has 15 heteroatoms. The van der Waals surface area contributed by atoms with Crippen LogP contribution in [-0.4, -0.2) is 63.7 Å². The van der Waals surface area contributed by atoms with Crippen molar-refractivity contribution in [2.45, 2.75) is 64.2 Å². The van der Waals surface area contributed by atoms with Crippen LogP contribution >= 0.6 is 0 Å². The van der Waals surface area contributed by atoms with E-state index < -0.39 is 36.2 Å². The van der Waals surface area contributed by atoms with Gasteiger partial charge in [0.05, 0.1) is 11.0 Å². The molecule has 2 atom stereocenters. The Morgan fingerprint density at radius 1 is 0.902 bits per heavy atom. The Labute approximate surface area is 290 Å². The number of rotatable bonds is 11. The predicted octanol–water partition coefficient (Wildman–Crippen LogP) is 5.25. The highest BCUT2D eigenvalue weighted by atomic mass is 19.4. The Morgan fingerprint density at radius 2 is 1.59 bits per heavy atom. The molecule has 1 aliphatic carbocycles. The first-order chi connectivity index (χ1) is 24.2. The van der Waals surface area contributed by atoms with Crippen molar-refractivity contribution in [1.82, 2.24) is 25.9 Å². The first kappa shape index (κ1) is 36.7. The van der Waals surface area contributed by atoms with E-state index in [1.165, 1.54) is 12.1 Å². The maximum atomic E-state index is 13.7. The van der Waals surface area contributed by atoms with Gasteiger partial charge in [-0.05, 0) is 98.0 Å². The van der Waals surface area contributed by atoms with Crippen molar-refractivity contribution < 1.29 is 37.5 Å². The minimum Gasteiger partial charge on any atom is -0.465 e. The number of halogens is 3. The number of fused-ring (bicyclic) bond motifs is 1. The summed E-state index contributed by atoms with van der Waals surface area (Å²) >= 11 is 0. The van der Waals surface area contributed by atoms with Crippen molar-refractivity contribution in [2.24, 2.45) is 11.8 Å². The van der Waals surface area contributed by atoms with E-state index in [0.29, 0.717) is 54.5 Å². The Hall–Kier alpha value is -5.60. The lowest BCUT2D eigenvalue weighted by Gasteiger charge is -2.29. The monoisotopic (exact) mass is 708 g/mol. The number of imidazole rings is 1. The summed E-state index contributed by atoms with van der Waals surface area (Å²) in [4.78, 5) is 67.4. The molecule has 3 aromatic carbocycles. The molecule has 0 bridgehead atoms. The fraction of sp³-hybridized carbons (Fsp3) is 0.361. The highest BCUT2D eigenvalue weighted by Crippen LogP contribution is 2.29. The minimum atomic E-state index is -4.56. The van der Waals surface area contributed by atoms with Crippen molar-refractivity contribution in [1.29, 1.82) is 0 Å². The van der Waals surface area contributed by atoms with Crippen LogP contribution in [0, 0.1) is 18.8 Å². The fourth-order valence-corrected chi connectivity index (χ4v) is 6.25. The van der Waals surface area contributed by atoms with Crippen LogP contribution < -0.4 is 27.0 Å². The second-order valence-electron chi connectivity index (χ2n) is 13.0. The minimum absolute atomic E-state index is 0.0981. The average molecular weight is 709 g/mol. The number of aromatic amines is 2. The third kappa shape index (κ3) is 9.55. The molecule has 51 heavy (non-hydrogen) atoms. The summed E-state index contributed by atoms with van der Waals surface area (Å²) in [7, 11) is 0. The number of hydrogen-bond donors (Lipinski definition) is 7. The average Bonchev–Trinajstić information content (AvgIpc) is 3.46. The smallest absolute Gasteiger partial charge is 0.408 e. The number of nitrogens with one attached hydrogen (secondary N) is 6. The molecule has 12 nitrogen and oxygen atoms in total. The normalized spacial score (nSPS) is 17.3. The van der Waals surface area contributed by atoms with Gasteiger partial charge in [-0.15, -0.1) is 0 Å². The van der Waals surface area contributed by atoms with Gasteiger partial charge in [-0.2, -0.15) is 13.2 Å². The van der Waals surface area contributed by atoms with E-state index in [1.807, 2.05) is 29.6 Å². The van der Waals surface area contributed by atoms with Crippen LogP contribution in [0.25, 0.3) is 22.2 Å². The lowest BCUT2D eigenvalue weighted by Crippen LogP contribution is -2.48. The Kier molecular flexibility index (Phi) is 11.2. The van der Waals surface area contributed by atoms with Crippen molar-refractivity contribution in [2.75, 3.05) is 11.9 Å². The van der Waals surface area contributed by atoms with E-state index in [9.17, 15) is 37.1 Å². The third-order valence-electron chi connectivity index (χ3n) is 9.21. The molecule has 0 unspecified atom stereocenters. The number of amides is 4. The van der Waals surface area contributed by atoms with Crippen molar-refractivity contribution >= 4 is 40.5 Å². The number of anilines is 1. The van der Waals surface area contributed by atoms with E-state index in [4.69, 9.17) is 5.11 Å². The topological polar surface area (TPSA) is 185 Å². The number of H-pyrrole nitrogens is 2. The second-order valence-corrected chi connectivity index (χ2v) is 13.0. The summed E-state index contributed by atoms with van der Waals surface area (Å²) in [5.74, 6) is -1.78. The van der Waals surface area contributed by atoms with Gasteiger partial charge in [0.15, 0.2) is 0 Å². The fourth-order valence-electron chi connectivity index (χ4n) is 6.25. The van der Waals surface area contributed by atoms with Crippen molar-refractivity contribution in [3.05, 3.63) is 87.8 Å². The zero-order valence-electron chi connectivity index (χ0n) is 27.9. The number of aromatic nitrogens is 2. The molecular weight excluding hydrogens is 669 g/mol. The van der Waals surface area contributed by atoms with Crippen LogP contribution in [0.15, 0.2) is 65.5 Å². The summed E-state index contributed by atoms with van der Waals surface area (Å²) in [6.07, 6.45) is -3.05. The van der Waals surface area contributed by atoms with Gasteiger partial charge in [0, 0.05) is 30.1 Å². The maximum absolute atomic E-state index is 13.7. The van der Waals surface area contributed by atoms with Gasteiger partial charge in [-0.25, -0.2) is 9.59 Å². The molecule has 0 radical (unpaired) electrons. The van der Waals surface area contributed by atoms with Crippen LogP contribution in [0.5, 0.6) is 0 Å². The summed E-state index contributed by atoms with van der Waals surface area (Å²) in [5.41, 5.74) is 4.16. The van der Waals surface area contributed by atoms with Gasteiger partial charge in [0.2, 0.25) is 11.8 Å². The highest BCUT2D eigenvalue weighted by Gasteiger charge is 2.37. The Balaban J connectivity index is 1.29. The maximum Gasteiger partial charge on any atom is 0.408 e. The molecule has 1 fully saturated rings. The highest BCUT2D eigenvalue weighted by molar-refractivity contribution is 5.99. The number of carbonyl (C=O) groups excluding carboxylic acids is 3. The second kappa shape index (κ2) is 15.5. The third-order valence-corrected chi connectivity index (χ3v) is 9.21. The molecule has 7 N–H and O–H groups in total. The van der Waals surface area contributed by atoms with Crippen LogP contribution in [0.1, 0.15) is 54.1 Å². The SMILES string of the molecule is Cc1cc(C(=O)N[C@@H](C)C(F)(F)F)ccc1-c1ccc(C[C@H](NC(=O)C2CCC(CNC(=O)O)CC2)C(=O)Nc2ccc3[nH]c(=O)[nH]c3c2)cc1. The van der Waals surface area contributed by atoms with E-state index in [0.717, 1.165) is 23.6 Å². The van der Waals surface area contributed by atoms with E-state index in [2.05, 4.69) is 25.9 Å². The molecule has 4 aromatic rings. The lowest BCUT2D eigenvalue weighted by molar-refractivity contribution is -0.149. The number of alkyl halides is 3. The van der Waals surface area contributed by atoms with Crippen LogP contribution in [0.2, 0.25) is 0 Å². The lowest BCUT2D eigenvalue weighted by atomic mass is 9.81. The predicted molar refractivity (Wildman–Crippen MR) is 184 cm³/mol. The van der Waals surface area contributed by atoms with E-state index in [-0.39, 0.29) is 35.4 Å².